The number of hydrogen-bond acceptors (Lipinski definition) is 6. The number of thiazole rings is 1. The van der Waals surface area contributed by atoms with Crippen molar-refractivity contribution in [3.63, 3.8) is 0 Å². The summed E-state index contributed by atoms with van der Waals surface area (Å²) in [7, 11) is 0. The zero-order valence-electron chi connectivity index (χ0n) is 11.8. The SMILES string of the molecule is NC1(CCc2cnc[nH]2)NNC=C1c1nc2ccccc2s1. The van der Waals surface area contributed by atoms with Crippen LogP contribution in [0.5, 0.6) is 0 Å². The average molecular weight is 312 g/mol. The molecule has 0 amide bonds. The van der Waals surface area contributed by atoms with Gasteiger partial charge in [0.05, 0.1) is 16.5 Å². The number of aromatic amines is 1. The summed E-state index contributed by atoms with van der Waals surface area (Å²) in [6.45, 7) is 0. The predicted octanol–water partition coefficient (Wildman–Crippen LogP) is 1.76. The van der Waals surface area contributed by atoms with Crippen molar-refractivity contribution < 1.29 is 0 Å². The molecule has 7 heteroatoms. The van der Waals surface area contributed by atoms with E-state index in [-0.39, 0.29) is 0 Å². The first kappa shape index (κ1) is 13.4. The molecule has 1 aliphatic rings. The Bertz CT molecular complexity index is 789. The monoisotopic (exact) mass is 312 g/mol. The van der Waals surface area contributed by atoms with Crippen molar-refractivity contribution in [3.05, 3.63) is 53.7 Å². The van der Waals surface area contributed by atoms with E-state index >= 15 is 0 Å². The topological polar surface area (TPSA) is 91.6 Å². The highest BCUT2D eigenvalue weighted by molar-refractivity contribution is 7.19. The summed E-state index contributed by atoms with van der Waals surface area (Å²) in [5.74, 6) is 0. The van der Waals surface area contributed by atoms with Gasteiger partial charge in [0.15, 0.2) is 0 Å². The number of nitrogens with one attached hydrogen (secondary N) is 3. The summed E-state index contributed by atoms with van der Waals surface area (Å²) in [5, 5.41) is 0.950. The van der Waals surface area contributed by atoms with E-state index in [0.29, 0.717) is 0 Å². The third-order valence-electron chi connectivity index (χ3n) is 3.86. The number of hydrazine groups is 1. The molecule has 0 spiro atoms. The molecule has 1 unspecified atom stereocenters. The van der Waals surface area contributed by atoms with E-state index in [1.54, 1.807) is 17.7 Å². The summed E-state index contributed by atoms with van der Waals surface area (Å²) >= 11 is 1.66. The van der Waals surface area contributed by atoms with Crippen LogP contribution in [0.3, 0.4) is 0 Å². The van der Waals surface area contributed by atoms with Gasteiger partial charge in [-0.3, -0.25) is 0 Å². The van der Waals surface area contributed by atoms with Crippen LogP contribution in [0, 0.1) is 0 Å². The van der Waals surface area contributed by atoms with Crippen molar-refractivity contribution in [2.24, 2.45) is 5.73 Å². The van der Waals surface area contributed by atoms with Crippen molar-refractivity contribution in [1.29, 1.82) is 0 Å². The maximum absolute atomic E-state index is 6.56. The van der Waals surface area contributed by atoms with E-state index in [9.17, 15) is 0 Å². The molecule has 1 atom stereocenters. The number of para-hydroxylation sites is 1. The molecule has 0 saturated heterocycles. The van der Waals surface area contributed by atoms with E-state index in [1.807, 2.05) is 30.6 Å². The predicted molar refractivity (Wildman–Crippen MR) is 87.7 cm³/mol. The van der Waals surface area contributed by atoms with Crippen LogP contribution in [-0.4, -0.2) is 20.6 Å². The molecule has 3 aromatic rings. The number of nitrogens with two attached hydrogens (primary N) is 1. The van der Waals surface area contributed by atoms with Gasteiger partial charge in [-0.2, -0.15) is 0 Å². The third-order valence-corrected chi connectivity index (χ3v) is 4.93. The number of aryl methyl sites for hydroxylation is 1. The minimum absolute atomic E-state index is 0.640. The lowest BCUT2D eigenvalue weighted by Gasteiger charge is -2.26. The number of hydrogen-bond donors (Lipinski definition) is 4. The summed E-state index contributed by atoms with van der Waals surface area (Å²) in [6, 6.07) is 8.13. The zero-order chi connectivity index (χ0) is 15.0. The summed E-state index contributed by atoms with van der Waals surface area (Å²) in [4.78, 5) is 11.9. The van der Waals surface area contributed by atoms with Gasteiger partial charge < -0.3 is 16.1 Å². The van der Waals surface area contributed by atoms with E-state index in [1.165, 1.54) is 4.70 Å². The number of rotatable bonds is 4. The Morgan fingerprint density at radius 1 is 1.27 bits per heavy atom. The molecule has 2 aromatic heterocycles. The Labute approximate surface area is 131 Å². The quantitative estimate of drug-likeness (QED) is 0.589. The number of imidazole rings is 1. The molecule has 3 heterocycles. The standard InChI is InChI=1S/C15H16N6S/c16-15(6-5-10-7-17-9-18-10)11(8-19-21-15)14-20-12-3-1-2-4-13(12)22-14/h1-4,7-9,19,21H,5-6,16H2,(H,17,18). The smallest absolute Gasteiger partial charge is 0.125 e. The Morgan fingerprint density at radius 3 is 3.00 bits per heavy atom. The van der Waals surface area contributed by atoms with E-state index in [0.717, 1.165) is 34.6 Å². The summed E-state index contributed by atoms with van der Waals surface area (Å²) in [6.07, 6.45) is 6.97. The first-order valence-corrected chi connectivity index (χ1v) is 7.92. The van der Waals surface area contributed by atoms with Crippen LogP contribution < -0.4 is 16.6 Å². The van der Waals surface area contributed by atoms with Crippen LogP contribution >= 0.6 is 11.3 Å². The highest BCUT2D eigenvalue weighted by Crippen LogP contribution is 2.34. The van der Waals surface area contributed by atoms with Crippen molar-refractivity contribution in [2.75, 3.05) is 0 Å². The fraction of sp³-hybridized carbons (Fsp3) is 0.200. The number of benzene rings is 1. The second kappa shape index (κ2) is 5.20. The lowest BCUT2D eigenvalue weighted by molar-refractivity contribution is 0.397. The van der Waals surface area contributed by atoms with Crippen LogP contribution in [0.1, 0.15) is 17.1 Å². The summed E-state index contributed by atoms with van der Waals surface area (Å²) < 4.78 is 1.17. The fourth-order valence-corrected chi connectivity index (χ4v) is 3.69. The van der Waals surface area contributed by atoms with Crippen molar-refractivity contribution >= 4 is 27.1 Å². The van der Waals surface area contributed by atoms with Gasteiger partial charge in [0.25, 0.3) is 0 Å². The van der Waals surface area contributed by atoms with Gasteiger partial charge in [0.1, 0.15) is 10.7 Å². The molecular formula is C15H16N6S. The Morgan fingerprint density at radius 2 is 2.18 bits per heavy atom. The molecule has 4 rings (SSSR count). The molecule has 0 saturated carbocycles. The Balaban J connectivity index is 1.62. The van der Waals surface area contributed by atoms with E-state index < -0.39 is 5.66 Å². The molecule has 6 nitrogen and oxygen atoms in total. The molecule has 1 aliphatic heterocycles. The zero-order valence-corrected chi connectivity index (χ0v) is 12.7. The average Bonchev–Trinajstić information content (AvgIpc) is 3.24. The van der Waals surface area contributed by atoms with Gasteiger partial charge >= 0.3 is 0 Å². The third kappa shape index (κ3) is 2.29. The fourth-order valence-electron chi connectivity index (χ4n) is 2.62. The molecule has 112 valence electrons. The lowest BCUT2D eigenvalue weighted by atomic mass is 9.97. The van der Waals surface area contributed by atoms with Crippen LogP contribution in [0.4, 0.5) is 0 Å². The van der Waals surface area contributed by atoms with Gasteiger partial charge in [-0.15, -0.1) is 11.3 Å². The number of H-pyrrole nitrogens is 1. The van der Waals surface area contributed by atoms with Crippen molar-refractivity contribution in [1.82, 2.24) is 25.8 Å². The van der Waals surface area contributed by atoms with Gasteiger partial charge in [-0.25, -0.2) is 15.4 Å². The van der Waals surface area contributed by atoms with Gasteiger partial charge in [0, 0.05) is 23.7 Å². The Hall–Kier alpha value is -2.22. The summed E-state index contributed by atoms with van der Waals surface area (Å²) in [5.41, 5.74) is 15.2. The van der Waals surface area contributed by atoms with Crippen LogP contribution in [-0.2, 0) is 6.42 Å². The Kier molecular flexibility index (Phi) is 3.18. The molecule has 0 bridgehead atoms. The minimum Gasteiger partial charge on any atom is -0.348 e. The lowest BCUT2D eigenvalue weighted by Crippen LogP contribution is -2.54. The number of fused-ring (bicyclic) bond motifs is 1. The maximum Gasteiger partial charge on any atom is 0.125 e. The normalized spacial score (nSPS) is 21.0. The largest absolute Gasteiger partial charge is 0.348 e. The van der Waals surface area contributed by atoms with Gasteiger partial charge in [0.2, 0.25) is 0 Å². The molecule has 5 N–H and O–H groups in total. The molecule has 0 fully saturated rings. The second-order valence-electron chi connectivity index (χ2n) is 5.36. The molecule has 22 heavy (non-hydrogen) atoms. The molecular weight excluding hydrogens is 296 g/mol. The molecule has 0 radical (unpaired) electrons. The second-order valence-corrected chi connectivity index (χ2v) is 6.39. The highest BCUT2D eigenvalue weighted by Gasteiger charge is 2.35. The molecule has 1 aromatic carbocycles. The van der Waals surface area contributed by atoms with Gasteiger partial charge in [-0.1, -0.05) is 12.1 Å². The molecule has 0 aliphatic carbocycles. The number of aromatic nitrogens is 3. The highest BCUT2D eigenvalue weighted by atomic mass is 32.1. The van der Waals surface area contributed by atoms with Crippen LogP contribution in [0.2, 0.25) is 0 Å². The van der Waals surface area contributed by atoms with Crippen molar-refractivity contribution in [3.8, 4) is 0 Å². The van der Waals surface area contributed by atoms with Gasteiger partial charge in [-0.05, 0) is 25.0 Å². The first-order chi connectivity index (χ1) is 10.7. The minimum atomic E-state index is -0.640. The van der Waals surface area contributed by atoms with Crippen LogP contribution in [0.15, 0.2) is 43.0 Å². The van der Waals surface area contributed by atoms with E-state index in [4.69, 9.17) is 10.7 Å². The van der Waals surface area contributed by atoms with Crippen LogP contribution in [0.25, 0.3) is 15.8 Å². The first-order valence-electron chi connectivity index (χ1n) is 7.10. The van der Waals surface area contributed by atoms with Crippen molar-refractivity contribution in [2.45, 2.75) is 18.5 Å². The number of nitrogens with zero attached hydrogens (tertiary/aromatic N) is 2. The van der Waals surface area contributed by atoms with E-state index in [2.05, 4.69) is 26.9 Å². The maximum atomic E-state index is 6.56.